The Bertz CT molecular complexity index is 544. The van der Waals surface area contributed by atoms with Crippen molar-refractivity contribution < 1.29 is 9.59 Å². The van der Waals surface area contributed by atoms with E-state index in [0.29, 0.717) is 24.2 Å². The molecule has 0 bridgehead atoms. The lowest BCUT2D eigenvalue weighted by atomic mass is 10.1. The fraction of sp³-hybridized carbons (Fsp3) is 0.312. The summed E-state index contributed by atoms with van der Waals surface area (Å²) in [7, 11) is 0. The van der Waals surface area contributed by atoms with Crippen LogP contribution in [-0.2, 0) is 4.79 Å². The standard InChI is InChI=1S/C16H19N3O2/c1-4-6-14(16(21)18-11-5-2)19-15(20)12-7-9-13(17-3)10-8-12/h4,7-10,14H,1,5-6,11H2,2H3,(H,18,21)(H,19,20). The molecule has 1 aromatic rings. The van der Waals surface area contributed by atoms with Crippen LogP contribution in [0.5, 0.6) is 0 Å². The summed E-state index contributed by atoms with van der Waals surface area (Å²) in [5.41, 5.74) is 0.884. The molecule has 0 radical (unpaired) electrons. The molecule has 5 nitrogen and oxygen atoms in total. The number of hydrogen-bond donors (Lipinski definition) is 2. The maximum Gasteiger partial charge on any atom is 0.251 e. The van der Waals surface area contributed by atoms with E-state index in [0.717, 1.165) is 6.42 Å². The Hall–Kier alpha value is -2.61. The van der Waals surface area contributed by atoms with Gasteiger partial charge < -0.3 is 10.6 Å². The second-order valence-corrected chi connectivity index (χ2v) is 4.50. The summed E-state index contributed by atoms with van der Waals surface area (Å²) < 4.78 is 0. The van der Waals surface area contributed by atoms with Gasteiger partial charge in [-0.3, -0.25) is 9.59 Å². The Labute approximate surface area is 124 Å². The van der Waals surface area contributed by atoms with E-state index >= 15 is 0 Å². The lowest BCUT2D eigenvalue weighted by Crippen LogP contribution is -2.46. The minimum atomic E-state index is -0.637. The minimum Gasteiger partial charge on any atom is -0.354 e. The Morgan fingerprint density at radius 3 is 2.57 bits per heavy atom. The van der Waals surface area contributed by atoms with Crippen molar-refractivity contribution in [2.45, 2.75) is 25.8 Å². The molecule has 0 aromatic heterocycles. The average Bonchev–Trinajstić information content (AvgIpc) is 2.52. The topological polar surface area (TPSA) is 62.6 Å². The van der Waals surface area contributed by atoms with E-state index in [9.17, 15) is 9.59 Å². The van der Waals surface area contributed by atoms with Gasteiger partial charge in [-0.1, -0.05) is 37.3 Å². The normalized spacial score (nSPS) is 11.0. The molecule has 0 aliphatic rings. The van der Waals surface area contributed by atoms with Gasteiger partial charge in [-0.15, -0.1) is 6.58 Å². The highest BCUT2D eigenvalue weighted by Gasteiger charge is 2.19. The Morgan fingerprint density at radius 2 is 2.05 bits per heavy atom. The van der Waals surface area contributed by atoms with Crippen LogP contribution >= 0.6 is 0 Å². The van der Waals surface area contributed by atoms with Crippen molar-refractivity contribution in [3.8, 4) is 0 Å². The predicted octanol–water partition coefficient (Wildman–Crippen LogP) is 2.44. The lowest BCUT2D eigenvalue weighted by molar-refractivity contribution is -0.122. The molecule has 2 N–H and O–H groups in total. The number of nitrogens with zero attached hydrogens (tertiary/aromatic N) is 1. The first-order valence-corrected chi connectivity index (χ1v) is 6.79. The van der Waals surface area contributed by atoms with E-state index in [2.05, 4.69) is 22.1 Å². The third kappa shape index (κ3) is 5.11. The summed E-state index contributed by atoms with van der Waals surface area (Å²) in [6.45, 7) is 13.0. The maximum atomic E-state index is 12.1. The second kappa shape index (κ2) is 8.54. The van der Waals surface area contributed by atoms with Gasteiger partial charge in [0.1, 0.15) is 6.04 Å². The van der Waals surface area contributed by atoms with Crippen LogP contribution in [0.15, 0.2) is 36.9 Å². The van der Waals surface area contributed by atoms with Crippen molar-refractivity contribution in [1.82, 2.24) is 10.6 Å². The van der Waals surface area contributed by atoms with Crippen molar-refractivity contribution in [3.05, 3.63) is 53.9 Å². The molecule has 21 heavy (non-hydrogen) atoms. The Morgan fingerprint density at radius 1 is 1.38 bits per heavy atom. The van der Waals surface area contributed by atoms with E-state index in [1.54, 1.807) is 30.3 Å². The van der Waals surface area contributed by atoms with Crippen LogP contribution in [0.25, 0.3) is 4.85 Å². The largest absolute Gasteiger partial charge is 0.354 e. The molecule has 1 rings (SSSR count). The van der Waals surface area contributed by atoms with Crippen molar-refractivity contribution in [1.29, 1.82) is 0 Å². The van der Waals surface area contributed by atoms with Gasteiger partial charge >= 0.3 is 0 Å². The number of rotatable bonds is 7. The van der Waals surface area contributed by atoms with Crippen molar-refractivity contribution in [2.75, 3.05) is 6.54 Å². The zero-order valence-electron chi connectivity index (χ0n) is 12.1. The molecule has 0 aliphatic heterocycles. The number of carbonyl (C=O) groups excluding carboxylic acids is 2. The van der Waals surface area contributed by atoms with Crippen LogP contribution in [0.2, 0.25) is 0 Å². The molecule has 0 saturated heterocycles. The van der Waals surface area contributed by atoms with Crippen LogP contribution in [0, 0.1) is 6.57 Å². The van der Waals surface area contributed by atoms with Crippen molar-refractivity contribution in [2.24, 2.45) is 0 Å². The smallest absolute Gasteiger partial charge is 0.251 e. The first kappa shape index (κ1) is 16.4. The molecule has 0 fully saturated rings. The summed E-state index contributed by atoms with van der Waals surface area (Å²) in [5.74, 6) is -0.562. The summed E-state index contributed by atoms with van der Waals surface area (Å²) >= 11 is 0. The van der Waals surface area contributed by atoms with Gasteiger partial charge in [-0.2, -0.15) is 0 Å². The van der Waals surface area contributed by atoms with E-state index in [1.165, 1.54) is 0 Å². The highest BCUT2D eigenvalue weighted by Crippen LogP contribution is 2.12. The van der Waals surface area contributed by atoms with Crippen molar-refractivity contribution >= 4 is 17.5 Å². The van der Waals surface area contributed by atoms with Crippen molar-refractivity contribution in [3.63, 3.8) is 0 Å². The van der Waals surface area contributed by atoms with E-state index in [4.69, 9.17) is 6.57 Å². The third-order valence-electron chi connectivity index (χ3n) is 2.83. The molecule has 0 spiro atoms. The van der Waals surface area contributed by atoms with E-state index in [1.807, 2.05) is 6.92 Å². The zero-order valence-corrected chi connectivity index (χ0v) is 12.1. The highest BCUT2D eigenvalue weighted by atomic mass is 16.2. The molecule has 0 saturated carbocycles. The van der Waals surface area contributed by atoms with Gasteiger partial charge in [0, 0.05) is 12.1 Å². The third-order valence-corrected chi connectivity index (χ3v) is 2.83. The quantitative estimate of drug-likeness (QED) is 0.597. The second-order valence-electron chi connectivity index (χ2n) is 4.50. The van der Waals surface area contributed by atoms with E-state index < -0.39 is 6.04 Å². The molecule has 0 aliphatic carbocycles. The Balaban J connectivity index is 2.73. The highest BCUT2D eigenvalue weighted by molar-refractivity contribution is 5.97. The minimum absolute atomic E-state index is 0.220. The maximum absolute atomic E-state index is 12.1. The average molecular weight is 285 g/mol. The fourth-order valence-electron chi connectivity index (χ4n) is 1.70. The zero-order chi connectivity index (χ0) is 15.7. The Kier molecular flexibility index (Phi) is 6.69. The molecule has 0 heterocycles. The van der Waals surface area contributed by atoms with Gasteiger partial charge in [-0.25, -0.2) is 4.85 Å². The number of benzene rings is 1. The van der Waals surface area contributed by atoms with Gasteiger partial charge in [0.05, 0.1) is 6.57 Å². The molecule has 1 aromatic carbocycles. The first-order valence-electron chi connectivity index (χ1n) is 6.79. The van der Waals surface area contributed by atoms with Gasteiger partial charge in [0.25, 0.3) is 5.91 Å². The number of amides is 2. The van der Waals surface area contributed by atoms with Crippen LogP contribution in [-0.4, -0.2) is 24.4 Å². The summed E-state index contributed by atoms with van der Waals surface area (Å²) in [5, 5.41) is 5.43. The molecule has 1 atom stereocenters. The van der Waals surface area contributed by atoms with Crippen LogP contribution < -0.4 is 10.6 Å². The van der Waals surface area contributed by atoms with Crippen LogP contribution in [0.1, 0.15) is 30.1 Å². The summed E-state index contributed by atoms with van der Waals surface area (Å²) in [4.78, 5) is 27.3. The van der Waals surface area contributed by atoms with Crippen LogP contribution in [0.3, 0.4) is 0 Å². The molecular weight excluding hydrogens is 266 g/mol. The molecule has 2 amide bonds. The first-order chi connectivity index (χ1) is 10.1. The molecular formula is C16H19N3O2. The molecule has 1 unspecified atom stereocenters. The number of nitrogens with one attached hydrogen (secondary N) is 2. The molecule has 5 heteroatoms. The SMILES string of the molecule is [C-]#[N+]c1ccc(C(=O)NC(CC=C)C(=O)NCCC)cc1. The molecule has 110 valence electrons. The van der Waals surface area contributed by atoms with Gasteiger partial charge in [-0.05, 0) is 12.8 Å². The van der Waals surface area contributed by atoms with Gasteiger partial charge in [0.15, 0.2) is 5.69 Å². The summed E-state index contributed by atoms with van der Waals surface area (Å²) in [6.07, 6.45) is 2.79. The van der Waals surface area contributed by atoms with E-state index in [-0.39, 0.29) is 11.8 Å². The monoisotopic (exact) mass is 285 g/mol. The lowest BCUT2D eigenvalue weighted by Gasteiger charge is -2.17. The number of hydrogen-bond acceptors (Lipinski definition) is 2. The summed E-state index contributed by atoms with van der Waals surface area (Å²) in [6, 6.07) is 5.64. The fourth-order valence-corrected chi connectivity index (χ4v) is 1.70. The van der Waals surface area contributed by atoms with Crippen LogP contribution in [0.4, 0.5) is 5.69 Å². The predicted molar refractivity (Wildman–Crippen MR) is 82.1 cm³/mol. The van der Waals surface area contributed by atoms with Gasteiger partial charge in [0.2, 0.25) is 5.91 Å². The number of carbonyl (C=O) groups is 2.